The van der Waals surface area contributed by atoms with Gasteiger partial charge in [-0.1, -0.05) is 19.1 Å². The second-order valence-corrected chi connectivity index (χ2v) is 5.25. The number of likely N-dealkylation sites (tertiary alicyclic amines) is 1. The van der Waals surface area contributed by atoms with Gasteiger partial charge in [0.05, 0.1) is 0 Å². The zero-order valence-corrected chi connectivity index (χ0v) is 11.7. The molecule has 0 spiro atoms. The molecule has 0 aromatic heterocycles. The normalized spacial score (nSPS) is 17.6. The quantitative estimate of drug-likeness (QED) is 0.845. The molecule has 1 N–H and O–H groups in total. The second-order valence-electron chi connectivity index (χ2n) is 5.25. The Morgan fingerprint density at radius 2 is 2.21 bits per heavy atom. The molecule has 1 aromatic rings. The first kappa shape index (κ1) is 13.6. The minimum Gasteiger partial charge on any atom is -0.328 e. The molecule has 19 heavy (non-hydrogen) atoms. The Hall–Kier alpha value is -1.84. The Kier molecular flexibility index (Phi) is 3.60. The predicted molar refractivity (Wildman–Crippen MR) is 74.8 cm³/mol. The van der Waals surface area contributed by atoms with E-state index in [1.807, 2.05) is 45.0 Å². The van der Waals surface area contributed by atoms with Crippen LogP contribution in [0.25, 0.3) is 0 Å². The summed E-state index contributed by atoms with van der Waals surface area (Å²) in [5.74, 6) is -0.0580. The van der Waals surface area contributed by atoms with Crippen LogP contribution in [0.15, 0.2) is 24.3 Å². The van der Waals surface area contributed by atoms with Crippen LogP contribution in [0.3, 0.4) is 0 Å². The number of β-lactam (4-membered cyclic amide) rings is 1. The minimum atomic E-state index is -0.751. The molecule has 2 rings (SSSR count). The Bertz CT molecular complexity index is 513. The van der Waals surface area contributed by atoms with Crippen molar-refractivity contribution in [2.45, 2.75) is 39.2 Å². The number of rotatable bonds is 4. The zero-order valence-electron chi connectivity index (χ0n) is 11.7. The summed E-state index contributed by atoms with van der Waals surface area (Å²) in [6.07, 6.45) is 1.16. The summed E-state index contributed by atoms with van der Waals surface area (Å²) in [6.45, 7) is 6.41. The lowest BCUT2D eigenvalue weighted by atomic mass is 9.91. The van der Waals surface area contributed by atoms with Gasteiger partial charge in [0.15, 0.2) is 0 Å². The van der Waals surface area contributed by atoms with Crippen molar-refractivity contribution in [3.63, 3.8) is 0 Å². The molecule has 102 valence electrons. The maximum atomic E-state index is 12.5. The Morgan fingerprint density at radius 3 is 2.68 bits per heavy atom. The van der Waals surface area contributed by atoms with Crippen LogP contribution in [-0.2, 0) is 9.59 Å². The van der Waals surface area contributed by atoms with Gasteiger partial charge in [0.1, 0.15) is 5.54 Å². The summed E-state index contributed by atoms with van der Waals surface area (Å²) in [5, 5.41) is 2.91. The third-order valence-corrected chi connectivity index (χ3v) is 3.90. The van der Waals surface area contributed by atoms with Gasteiger partial charge in [-0.05, 0) is 38.0 Å². The summed E-state index contributed by atoms with van der Waals surface area (Å²) in [5.41, 5.74) is 1.12. The van der Waals surface area contributed by atoms with Crippen molar-refractivity contribution < 1.29 is 9.59 Å². The lowest BCUT2D eigenvalue weighted by molar-refractivity contribution is -0.154. The number of amides is 2. The van der Waals surface area contributed by atoms with Gasteiger partial charge in [0.25, 0.3) is 0 Å². The highest BCUT2D eigenvalue weighted by Gasteiger charge is 2.44. The van der Waals surface area contributed by atoms with Crippen molar-refractivity contribution in [2.24, 2.45) is 0 Å². The van der Waals surface area contributed by atoms with Crippen LogP contribution < -0.4 is 5.32 Å². The van der Waals surface area contributed by atoms with Crippen LogP contribution in [-0.4, -0.2) is 28.8 Å². The molecule has 1 fully saturated rings. The van der Waals surface area contributed by atoms with Crippen molar-refractivity contribution in [2.75, 3.05) is 11.9 Å². The first-order valence-electron chi connectivity index (χ1n) is 6.66. The molecule has 1 aliphatic rings. The first-order chi connectivity index (χ1) is 8.97. The van der Waals surface area contributed by atoms with Gasteiger partial charge in [0.2, 0.25) is 11.8 Å². The summed E-state index contributed by atoms with van der Waals surface area (Å²) in [4.78, 5) is 25.7. The van der Waals surface area contributed by atoms with Crippen molar-refractivity contribution >= 4 is 17.5 Å². The number of carbonyl (C=O) groups is 2. The molecule has 1 aromatic carbocycles. The molecular weight excluding hydrogens is 240 g/mol. The monoisotopic (exact) mass is 260 g/mol. The minimum absolute atomic E-state index is 0.0590. The van der Waals surface area contributed by atoms with E-state index in [2.05, 4.69) is 5.32 Å². The van der Waals surface area contributed by atoms with E-state index < -0.39 is 5.54 Å². The fraction of sp³-hybridized carbons (Fsp3) is 0.467. The molecule has 1 unspecified atom stereocenters. The third-order valence-electron chi connectivity index (χ3n) is 3.90. The summed E-state index contributed by atoms with van der Waals surface area (Å²) < 4.78 is 0. The van der Waals surface area contributed by atoms with Gasteiger partial charge in [-0.15, -0.1) is 0 Å². The van der Waals surface area contributed by atoms with E-state index in [0.29, 0.717) is 19.4 Å². The number of hydrogen-bond acceptors (Lipinski definition) is 2. The number of carbonyl (C=O) groups excluding carboxylic acids is 2. The van der Waals surface area contributed by atoms with E-state index in [0.717, 1.165) is 11.3 Å². The Labute approximate surface area is 113 Å². The molecule has 2 amide bonds. The third kappa shape index (κ3) is 2.48. The standard InChI is InChI=1S/C15H20N2O2/c1-4-15(3,17-9-8-13(17)18)14(19)16-12-7-5-6-11(2)10-12/h5-7,10H,4,8-9H2,1-3H3,(H,16,19). The molecule has 4 nitrogen and oxygen atoms in total. The van der Waals surface area contributed by atoms with Crippen LogP contribution in [0.4, 0.5) is 5.69 Å². The largest absolute Gasteiger partial charge is 0.328 e. The summed E-state index contributed by atoms with van der Waals surface area (Å²) in [7, 11) is 0. The van der Waals surface area contributed by atoms with E-state index in [1.165, 1.54) is 0 Å². The summed E-state index contributed by atoms with van der Waals surface area (Å²) in [6, 6.07) is 7.67. The van der Waals surface area contributed by atoms with Crippen molar-refractivity contribution in [1.82, 2.24) is 4.90 Å². The smallest absolute Gasteiger partial charge is 0.250 e. The van der Waals surface area contributed by atoms with Crippen LogP contribution in [0, 0.1) is 6.92 Å². The highest BCUT2D eigenvalue weighted by molar-refractivity contribution is 6.01. The number of aryl methyl sites for hydroxylation is 1. The van der Waals surface area contributed by atoms with Crippen molar-refractivity contribution in [3.8, 4) is 0 Å². The average Bonchev–Trinajstić information content (AvgIpc) is 2.36. The number of nitrogens with one attached hydrogen (secondary N) is 1. The molecule has 4 heteroatoms. The molecule has 1 saturated heterocycles. The number of hydrogen-bond donors (Lipinski definition) is 1. The number of nitrogens with zero attached hydrogens (tertiary/aromatic N) is 1. The maximum absolute atomic E-state index is 12.5. The van der Waals surface area contributed by atoms with Gasteiger partial charge in [-0.2, -0.15) is 0 Å². The summed E-state index contributed by atoms with van der Waals surface area (Å²) >= 11 is 0. The zero-order chi connectivity index (χ0) is 14.0. The lowest BCUT2D eigenvalue weighted by Gasteiger charge is -2.44. The molecule has 0 bridgehead atoms. The van der Waals surface area contributed by atoms with Crippen LogP contribution in [0.2, 0.25) is 0 Å². The van der Waals surface area contributed by atoms with Gasteiger partial charge in [0, 0.05) is 18.7 Å². The van der Waals surface area contributed by atoms with Gasteiger partial charge < -0.3 is 10.2 Å². The van der Waals surface area contributed by atoms with E-state index in [4.69, 9.17) is 0 Å². The number of anilines is 1. The lowest BCUT2D eigenvalue weighted by Crippen LogP contribution is -2.62. The van der Waals surface area contributed by atoms with Crippen molar-refractivity contribution in [3.05, 3.63) is 29.8 Å². The van der Waals surface area contributed by atoms with E-state index in [9.17, 15) is 9.59 Å². The molecule has 0 radical (unpaired) electrons. The fourth-order valence-electron chi connectivity index (χ4n) is 2.30. The van der Waals surface area contributed by atoms with E-state index in [-0.39, 0.29) is 11.8 Å². The maximum Gasteiger partial charge on any atom is 0.250 e. The fourth-order valence-corrected chi connectivity index (χ4v) is 2.30. The molecule has 1 aliphatic heterocycles. The van der Waals surface area contributed by atoms with Crippen LogP contribution >= 0.6 is 0 Å². The highest BCUT2D eigenvalue weighted by Crippen LogP contribution is 2.28. The van der Waals surface area contributed by atoms with Gasteiger partial charge in [-0.25, -0.2) is 0 Å². The first-order valence-corrected chi connectivity index (χ1v) is 6.66. The number of benzene rings is 1. The Morgan fingerprint density at radius 1 is 1.47 bits per heavy atom. The van der Waals surface area contributed by atoms with Crippen molar-refractivity contribution in [1.29, 1.82) is 0 Å². The average molecular weight is 260 g/mol. The van der Waals surface area contributed by atoms with Gasteiger partial charge in [-0.3, -0.25) is 9.59 Å². The van der Waals surface area contributed by atoms with Crippen LogP contribution in [0.5, 0.6) is 0 Å². The van der Waals surface area contributed by atoms with E-state index >= 15 is 0 Å². The topological polar surface area (TPSA) is 49.4 Å². The second kappa shape index (κ2) is 5.03. The molecule has 0 saturated carbocycles. The molecule has 1 atom stereocenters. The molecule has 0 aliphatic carbocycles. The molecular formula is C15H20N2O2. The van der Waals surface area contributed by atoms with E-state index in [1.54, 1.807) is 4.90 Å². The predicted octanol–water partition coefficient (Wildman–Crippen LogP) is 2.33. The SMILES string of the molecule is CCC(C)(C(=O)Nc1cccc(C)c1)N1CCC1=O. The molecule has 1 heterocycles. The Balaban J connectivity index is 2.15. The van der Waals surface area contributed by atoms with Gasteiger partial charge >= 0.3 is 0 Å². The highest BCUT2D eigenvalue weighted by atomic mass is 16.2. The van der Waals surface area contributed by atoms with Crippen LogP contribution in [0.1, 0.15) is 32.3 Å².